The number of nitrogens with zero attached hydrogens (tertiary/aromatic N) is 2. The van der Waals surface area contributed by atoms with E-state index in [9.17, 15) is 14.9 Å². The minimum atomic E-state index is -0.558. The molecule has 0 radical (unpaired) electrons. The number of carbonyl (C=O) groups is 1. The van der Waals surface area contributed by atoms with Crippen LogP contribution in [0, 0.1) is 22.0 Å². The number of nitro groups is 1. The Hall–Kier alpha value is -1.66. The Kier molecular flexibility index (Phi) is 3.35. The summed E-state index contributed by atoms with van der Waals surface area (Å²) in [5.41, 5.74) is -0.106. The molecule has 3 rings (SSSR count). The molecule has 2 aliphatic rings. The van der Waals surface area contributed by atoms with Crippen LogP contribution in [0.3, 0.4) is 0 Å². The largest absolute Gasteiger partial charge is 0.338 e. The van der Waals surface area contributed by atoms with Crippen LogP contribution in [-0.4, -0.2) is 41.9 Å². The lowest BCUT2D eigenvalue weighted by Crippen LogP contribution is -2.32. The Labute approximate surface area is 120 Å². The van der Waals surface area contributed by atoms with E-state index < -0.39 is 4.92 Å². The first kappa shape index (κ1) is 13.3. The van der Waals surface area contributed by atoms with Crippen LogP contribution in [0.2, 0.25) is 5.02 Å². The molecule has 6 nitrogen and oxygen atoms in total. The van der Waals surface area contributed by atoms with Gasteiger partial charge in [-0.1, -0.05) is 11.6 Å². The molecule has 2 aliphatic heterocycles. The van der Waals surface area contributed by atoms with Crippen LogP contribution in [0.1, 0.15) is 10.4 Å². The van der Waals surface area contributed by atoms with E-state index >= 15 is 0 Å². The third kappa shape index (κ3) is 2.25. The van der Waals surface area contributed by atoms with Crippen molar-refractivity contribution in [2.45, 2.75) is 0 Å². The zero-order chi connectivity index (χ0) is 14.3. The number of amides is 1. The van der Waals surface area contributed by atoms with E-state index in [1.807, 2.05) is 0 Å². The minimum absolute atomic E-state index is 0.118. The van der Waals surface area contributed by atoms with Crippen molar-refractivity contribution in [3.05, 3.63) is 38.9 Å². The average Bonchev–Trinajstić information content (AvgIpc) is 2.98. The van der Waals surface area contributed by atoms with Crippen LogP contribution in [0.5, 0.6) is 0 Å². The van der Waals surface area contributed by atoms with E-state index in [2.05, 4.69) is 5.32 Å². The maximum Gasteiger partial charge on any atom is 0.283 e. The highest BCUT2D eigenvalue weighted by Crippen LogP contribution is 2.30. The maximum absolute atomic E-state index is 12.5. The molecule has 0 aromatic heterocycles. The van der Waals surface area contributed by atoms with Gasteiger partial charge in [0.1, 0.15) is 5.56 Å². The molecule has 0 spiro atoms. The molecule has 1 amide bonds. The van der Waals surface area contributed by atoms with Crippen molar-refractivity contribution in [2.24, 2.45) is 11.8 Å². The van der Waals surface area contributed by atoms with Gasteiger partial charge in [-0.2, -0.15) is 0 Å². The van der Waals surface area contributed by atoms with Crippen molar-refractivity contribution in [1.29, 1.82) is 0 Å². The predicted molar refractivity (Wildman–Crippen MR) is 73.9 cm³/mol. The van der Waals surface area contributed by atoms with Gasteiger partial charge in [0.25, 0.3) is 11.6 Å². The van der Waals surface area contributed by atoms with Crippen molar-refractivity contribution in [1.82, 2.24) is 10.2 Å². The molecule has 1 aromatic rings. The summed E-state index contributed by atoms with van der Waals surface area (Å²) in [6, 6.07) is 4.18. The first-order chi connectivity index (χ1) is 9.56. The van der Waals surface area contributed by atoms with Gasteiger partial charge in [-0.25, -0.2) is 0 Å². The summed E-state index contributed by atoms with van der Waals surface area (Å²) < 4.78 is 0. The standard InChI is InChI=1S/C13H14ClN3O3/c14-10-1-2-11(12(3-10)17(19)20)13(18)16-6-8-4-15-5-9(8)7-16/h1-3,8-9,15H,4-7H2/t8-,9+. The number of nitro benzene ring substituents is 1. The van der Waals surface area contributed by atoms with Gasteiger partial charge in [0.2, 0.25) is 0 Å². The second-order valence-corrected chi connectivity index (χ2v) is 5.74. The van der Waals surface area contributed by atoms with Gasteiger partial charge in [-0.15, -0.1) is 0 Å². The molecule has 2 atom stereocenters. The molecule has 2 heterocycles. The SMILES string of the molecule is O=C(c1ccc(Cl)cc1[N+](=O)[O-])N1C[C@H]2CNC[C@H]2C1. The summed E-state index contributed by atoms with van der Waals surface area (Å²) in [5.74, 6) is 0.651. The highest BCUT2D eigenvalue weighted by atomic mass is 35.5. The molecule has 0 saturated carbocycles. The number of hydrogen-bond donors (Lipinski definition) is 1. The predicted octanol–water partition coefficient (Wildman–Crippen LogP) is 1.54. The fourth-order valence-electron chi connectivity index (χ4n) is 3.03. The lowest BCUT2D eigenvalue weighted by atomic mass is 10.0. The van der Waals surface area contributed by atoms with Crippen LogP contribution < -0.4 is 5.32 Å². The van der Waals surface area contributed by atoms with Crippen molar-refractivity contribution in [3.63, 3.8) is 0 Å². The Balaban J connectivity index is 1.86. The summed E-state index contributed by atoms with van der Waals surface area (Å²) >= 11 is 5.77. The second-order valence-electron chi connectivity index (χ2n) is 5.31. The van der Waals surface area contributed by atoms with E-state index in [1.54, 1.807) is 4.90 Å². The van der Waals surface area contributed by atoms with Gasteiger partial charge in [-0.3, -0.25) is 14.9 Å². The quantitative estimate of drug-likeness (QED) is 0.663. The van der Waals surface area contributed by atoms with E-state index in [-0.39, 0.29) is 22.2 Å². The Morgan fingerprint density at radius 2 is 2.00 bits per heavy atom. The Morgan fingerprint density at radius 1 is 1.35 bits per heavy atom. The van der Waals surface area contributed by atoms with E-state index in [1.165, 1.54) is 18.2 Å². The molecule has 2 fully saturated rings. The van der Waals surface area contributed by atoms with Crippen LogP contribution >= 0.6 is 11.6 Å². The zero-order valence-corrected chi connectivity index (χ0v) is 11.5. The number of nitrogens with one attached hydrogen (secondary N) is 1. The highest BCUT2D eigenvalue weighted by molar-refractivity contribution is 6.31. The van der Waals surface area contributed by atoms with Crippen LogP contribution in [0.25, 0.3) is 0 Å². The Morgan fingerprint density at radius 3 is 2.60 bits per heavy atom. The van der Waals surface area contributed by atoms with Crippen molar-refractivity contribution >= 4 is 23.2 Å². The molecule has 0 bridgehead atoms. The van der Waals surface area contributed by atoms with Gasteiger partial charge >= 0.3 is 0 Å². The van der Waals surface area contributed by atoms with Crippen molar-refractivity contribution in [2.75, 3.05) is 26.2 Å². The molecule has 2 saturated heterocycles. The molecule has 0 unspecified atom stereocenters. The molecular weight excluding hydrogens is 282 g/mol. The Bertz CT molecular complexity index is 566. The van der Waals surface area contributed by atoms with Crippen LogP contribution in [0.4, 0.5) is 5.69 Å². The van der Waals surface area contributed by atoms with Crippen molar-refractivity contribution in [3.8, 4) is 0 Å². The first-order valence-corrected chi connectivity index (χ1v) is 6.88. The maximum atomic E-state index is 12.5. The fourth-order valence-corrected chi connectivity index (χ4v) is 3.19. The number of benzene rings is 1. The number of hydrogen-bond acceptors (Lipinski definition) is 4. The molecule has 106 valence electrons. The van der Waals surface area contributed by atoms with E-state index in [4.69, 9.17) is 11.6 Å². The van der Waals surface area contributed by atoms with Gasteiger partial charge in [-0.05, 0) is 24.0 Å². The molecule has 20 heavy (non-hydrogen) atoms. The number of likely N-dealkylation sites (tertiary alicyclic amines) is 1. The highest BCUT2D eigenvalue weighted by Gasteiger charge is 2.39. The van der Waals surface area contributed by atoms with Crippen molar-refractivity contribution < 1.29 is 9.72 Å². The van der Waals surface area contributed by atoms with Gasteiger partial charge in [0, 0.05) is 37.3 Å². The summed E-state index contributed by atoms with van der Waals surface area (Å²) in [6.45, 7) is 3.15. The monoisotopic (exact) mass is 295 g/mol. The van der Waals surface area contributed by atoms with Crippen LogP contribution in [0.15, 0.2) is 18.2 Å². The van der Waals surface area contributed by atoms with Gasteiger partial charge < -0.3 is 10.2 Å². The zero-order valence-electron chi connectivity index (χ0n) is 10.7. The van der Waals surface area contributed by atoms with Crippen LogP contribution in [-0.2, 0) is 0 Å². The number of fused-ring (bicyclic) bond motifs is 1. The summed E-state index contributed by atoms with van der Waals surface area (Å²) in [4.78, 5) is 24.7. The fraction of sp³-hybridized carbons (Fsp3) is 0.462. The van der Waals surface area contributed by atoms with Gasteiger partial charge in [0.15, 0.2) is 0 Å². The molecular formula is C13H14ClN3O3. The molecule has 1 aromatic carbocycles. The number of rotatable bonds is 2. The minimum Gasteiger partial charge on any atom is -0.338 e. The normalized spacial score (nSPS) is 24.8. The van der Waals surface area contributed by atoms with Gasteiger partial charge in [0.05, 0.1) is 4.92 Å². The lowest BCUT2D eigenvalue weighted by molar-refractivity contribution is -0.385. The third-order valence-corrected chi connectivity index (χ3v) is 4.30. The molecule has 7 heteroatoms. The van der Waals surface area contributed by atoms with E-state index in [0.29, 0.717) is 24.9 Å². The summed E-state index contributed by atoms with van der Waals surface area (Å²) in [5, 5.41) is 14.6. The average molecular weight is 296 g/mol. The third-order valence-electron chi connectivity index (χ3n) is 4.06. The summed E-state index contributed by atoms with van der Waals surface area (Å²) in [7, 11) is 0. The number of carbonyl (C=O) groups excluding carboxylic acids is 1. The molecule has 1 N–H and O–H groups in total. The smallest absolute Gasteiger partial charge is 0.283 e. The first-order valence-electron chi connectivity index (χ1n) is 6.50. The second kappa shape index (κ2) is 5.03. The topological polar surface area (TPSA) is 75.5 Å². The van der Waals surface area contributed by atoms with E-state index in [0.717, 1.165) is 13.1 Å². The lowest BCUT2D eigenvalue weighted by Gasteiger charge is -2.17. The molecule has 0 aliphatic carbocycles. The summed E-state index contributed by atoms with van der Waals surface area (Å²) in [6.07, 6.45) is 0. The number of halogens is 1.